The van der Waals surface area contributed by atoms with Gasteiger partial charge in [0.15, 0.2) is 23.1 Å². The van der Waals surface area contributed by atoms with E-state index in [-0.39, 0.29) is 34.8 Å². The van der Waals surface area contributed by atoms with Crippen LogP contribution in [0.2, 0.25) is 0 Å². The molecule has 8 nitrogen and oxygen atoms in total. The summed E-state index contributed by atoms with van der Waals surface area (Å²) in [6, 6.07) is 5.82. The number of hydrogen-bond acceptors (Lipinski definition) is 5. The van der Waals surface area contributed by atoms with Crippen LogP contribution in [0.5, 0.6) is 0 Å². The predicted octanol–water partition coefficient (Wildman–Crippen LogP) is 2.88. The Bertz CT molecular complexity index is 706. The number of halogens is 1. The van der Waals surface area contributed by atoms with Crippen LogP contribution in [-0.2, 0) is 9.59 Å². The number of carbonyl (C=O) groups is 2. The van der Waals surface area contributed by atoms with Crippen molar-refractivity contribution >= 4 is 34.8 Å². The number of rotatable bonds is 4. The molecule has 0 aliphatic carbocycles. The summed E-state index contributed by atoms with van der Waals surface area (Å²) in [7, 11) is 0. The molecule has 9 heteroatoms. The van der Waals surface area contributed by atoms with Gasteiger partial charge in [0.05, 0.1) is 0 Å². The van der Waals surface area contributed by atoms with E-state index >= 15 is 0 Å². The van der Waals surface area contributed by atoms with Gasteiger partial charge in [-0.15, -0.1) is 10.2 Å². The van der Waals surface area contributed by atoms with Crippen LogP contribution in [0.15, 0.2) is 34.5 Å². The lowest BCUT2D eigenvalue weighted by atomic mass is 10.3. The number of H-pyrrole nitrogens is 1. The van der Waals surface area contributed by atoms with Crippen molar-refractivity contribution in [3.8, 4) is 0 Å². The molecule has 2 amide bonds. The molecule has 1 aromatic heterocycles. The molecule has 0 unspecified atom stereocenters. The summed E-state index contributed by atoms with van der Waals surface area (Å²) in [5.41, 5.74) is 0.111. The second-order valence-corrected chi connectivity index (χ2v) is 4.31. The highest BCUT2D eigenvalue weighted by molar-refractivity contribution is 5.96. The zero-order valence-electron chi connectivity index (χ0n) is 11.8. The highest BCUT2D eigenvalue weighted by Gasteiger charge is 2.15. The van der Waals surface area contributed by atoms with E-state index in [2.05, 4.69) is 31.1 Å². The molecule has 2 rings (SSSR count). The fraction of sp³-hybridized carbons (Fsp3) is 0.154. The van der Waals surface area contributed by atoms with Gasteiger partial charge in [0.25, 0.3) is 0 Å². The first-order chi connectivity index (χ1) is 10.5. The highest BCUT2D eigenvalue weighted by Crippen LogP contribution is 2.33. The van der Waals surface area contributed by atoms with Crippen LogP contribution in [0.3, 0.4) is 0 Å². The fourth-order valence-corrected chi connectivity index (χ4v) is 1.59. The summed E-state index contributed by atoms with van der Waals surface area (Å²) in [6.45, 7) is 2.60. The molecule has 0 radical (unpaired) electrons. The van der Waals surface area contributed by atoms with Gasteiger partial charge < -0.3 is 10.6 Å². The molecule has 0 fully saturated rings. The number of azo groups is 1. The van der Waals surface area contributed by atoms with E-state index in [9.17, 15) is 14.0 Å². The van der Waals surface area contributed by atoms with E-state index in [0.717, 1.165) is 0 Å². The molecule has 3 N–H and O–H groups in total. The normalized spacial score (nSPS) is 10.7. The molecule has 0 aliphatic rings. The van der Waals surface area contributed by atoms with Gasteiger partial charge in [-0.05, 0) is 12.1 Å². The molecule has 2 aromatic rings. The zero-order chi connectivity index (χ0) is 16.1. The minimum Gasteiger partial charge on any atom is -0.309 e. The summed E-state index contributed by atoms with van der Waals surface area (Å²) in [6.07, 6.45) is 0. The molecule has 22 heavy (non-hydrogen) atoms. The maximum absolute atomic E-state index is 13.5. The Labute approximate surface area is 124 Å². The number of carbonyl (C=O) groups excluding carboxylic acids is 2. The van der Waals surface area contributed by atoms with Gasteiger partial charge in [-0.1, -0.05) is 12.1 Å². The first-order valence-electron chi connectivity index (χ1n) is 6.27. The van der Waals surface area contributed by atoms with Gasteiger partial charge in [-0.3, -0.25) is 14.7 Å². The molecule has 1 heterocycles. The first-order valence-corrected chi connectivity index (χ1v) is 6.27. The summed E-state index contributed by atoms with van der Waals surface area (Å²) < 4.78 is 13.5. The number of benzene rings is 1. The summed E-state index contributed by atoms with van der Waals surface area (Å²) in [5.74, 6) is -1.05. The predicted molar refractivity (Wildman–Crippen MR) is 77.8 cm³/mol. The van der Waals surface area contributed by atoms with Crippen molar-refractivity contribution in [1.29, 1.82) is 0 Å². The van der Waals surface area contributed by atoms with E-state index in [1.54, 1.807) is 6.07 Å². The lowest BCUT2D eigenvalue weighted by Crippen LogP contribution is -2.07. The molecule has 0 saturated carbocycles. The Morgan fingerprint density at radius 2 is 1.82 bits per heavy atom. The standard InChI is InChI=1S/C13H13FN6O2/c1-7(21)15-12-11(13(20-19-12)16-8(2)22)18-17-10-6-4-3-5-9(10)14/h3-6H,1-2H3,(H3,15,16,19,20,21,22). The molecule has 0 saturated heterocycles. The van der Waals surface area contributed by atoms with E-state index in [0.29, 0.717) is 0 Å². The Morgan fingerprint density at radius 1 is 1.14 bits per heavy atom. The number of hydrogen-bond donors (Lipinski definition) is 3. The molecule has 0 spiro atoms. The largest absolute Gasteiger partial charge is 0.309 e. The van der Waals surface area contributed by atoms with Gasteiger partial charge >= 0.3 is 0 Å². The van der Waals surface area contributed by atoms with Gasteiger partial charge in [-0.2, -0.15) is 5.10 Å². The van der Waals surface area contributed by atoms with Crippen molar-refractivity contribution in [1.82, 2.24) is 10.2 Å². The number of aromatic nitrogens is 2. The Morgan fingerprint density at radius 3 is 2.45 bits per heavy atom. The van der Waals surface area contributed by atoms with E-state index in [1.165, 1.54) is 32.0 Å². The third-order valence-corrected chi connectivity index (χ3v) is 2.45. The number of aromatic amines is 1. The second kappa shape index (κ2) is 6.57. The monoisotopic (exact) mass is 304 g/mol. The van der Waals surface area contributed by atoms with Crippen LogP contribution in [-0.4, -0.2) is 22.0 Å². The highest BCUT2D eigenvalue weighted by atomic mass is 19.1. The van der Waals surface area contributed by atoms with E-state index < -0.39 is 5.82 Å². The summed E-state index contributed by atoms with van der Waals surface area (Å²) >= 11 is 0. The summed E-state index contributed by atoms with van der Waals surface area (Å²) in [5, 5.41) is 18.9. The number of amides is 2. The number of nitrogens with one attached hydrogen (secondary N) is 3. The maximum Gasteiger partial charge on any atom is 0.222 e. The van der Waals surface area contributed by atoms with Gasteiger partial charge in [-0.25, -0.2) is 4.39 Å². The molecular weight excluding hydrogens is 291 g/mol. The minimum absolute atomic E-state index is 0.0197. The molecule has 0 atom stereocenters. The molecule has 0 bridgehead atoms. The molecular formula is C13H13FN6O2. The van der Waals surface area contributed by atoms with Crippen molar-refractivity contribution in [2.24, 2.45) is 10.2 Å². The third kappa shape index (κ3) is 3.72. The third-order valence-electron chi connectivity index (χ3n) is 2.45. The molecule has 114 valence electrons. The van der Waals surface area contributed by atoms with Crippen molar-refractivity contribution in [3.05, 3.63) is 30.1 Å². The van der Waals surface area contributed by atoms with Crippen molar-refractivity contribution in [2.75, 3.05) is 10.6 Å². The minimum atomic E-state index is -0.545. The van der Waals surface area contributed by atoms with Gasteiger partial charge in [0.1, 0.15) is 5.69 Å². The first kappa shape index (κ1) is 15.3. The van der Waals surface area contributed by atoms with E-state index in [1.807, 2.05) is 0 Å². The van der Waals surface area contributed by atoms with Gasteiger partial charge in [0.2, 0.25) is 11.8 Å². The van der Waals surface area contributed by atoms with Gasteiger partial charge in [0, 0.05) is 13.8 Å². The average Bonchev–Trinajstić information content (AvgIpc) is 2.79. The lowest BCUT2D eigenvalue weighted by Gasteiger charge is -2.01. The zero-order valence-corrected chi connectivity index (χ0v) is 11.8. The topological polar surface area (TPSA) is 112 Å². The van der Waals surface area contributed by atoms with Crippen molar-refractivity contribution < 1.29 is 14.0 Å². The Balaban J connectivity index is 2.38. The van der Waals surface area contributed by atoms with E-state index in [4.69, 9.17) is 0 Å². The number of anilines is 2. The summed E-state index contributed by atoms with van der Waals surface area (Å²) in [4.78, 5) is 22.3. The number of nitrogens with zero attached hydrogens (tertiary/aromatic N) is 3. The molecule has 0 aliphatic heterocycles. The average molecular weight is 304 g/mol. The van der Waals surface area contributed by atoms with Crippen LogP contribution in [0.4, 0.5) is 27.4 Å². The molecule has 1 aromatic carbocycles. The quantitative estimate of drug-likeness (QED) is 0.755. The van der Waals surface area contributed by atoms with Crippen LogP contribution < -0.4 is 10.6 Å². The Kier molecular flexibility index (Phi) is 4.57. The second-order valence-electron chi connectivity index (χ2n) is 4.31. The SMILES string of the molecule is CC(=O)Nc1n[nH]c(NC(C)=O)c1N=Nc1ccccc1F. The van der Waals surface area contributed by atoms with Crippen molar-refractivity contribution in [2.45, 2.75) is 13.8 Å². The van der Waals surface area contributed by atoms with Crippen LogP contribution in [0.25, 0.3) is 0 Å². The van der Waals surface area contributed by atoms with Crippen LogP contribution in [0.1, 0.15) is 13.8 Å². The van der Waals surface area contributed by atoms with Crippen LogP contribution >= 0.6 is 0 Å². The fourth-order valence-electron chi connectivity index (χ4n) is 1.59. The lowest BCUT2D eigenvalue weighted by molar-refractivity contribution is -0.115. The maximum atomic E-state index is 13.5. The van der Waals surface area contributed by atoms with Crippen LogP contribution in [0, 0.1) is 5.82 Å². The Hall–Kier alpha value is -3.10. The smallest absolute Gasteiger partial charge is 0.222 e. The van der Waals surface area contributed by atoms with Crippen molar-refractivity contribution in [3.63, 3.8) is 0 Å².